The van der Waals surface area contributed by atoms with E-state index in [0.717, 1.165) is 18.8 Å². The minimum Gasteiger partial charge on any atom is -0.481 e. The molecule has 0 amide bonds. The fourth-order valence-electron chi connectivity index (χ4n) is 4.37. The van der Waals surface area contributed by atoms with Gasteiger partial charge in [-0.1, -0.05) is 36.4 Å². The van der Waals surface area contributed by atoms with Crippen LogP contribution in [0.15, 0.2) is 94.5 Å². The summed E-state index contributed by atoms with van der Waals surface area (Å²) >= 11 is 3.09. The van der Waals surface area contributed by atoms with Crippen LogP contribution in [0.2, 0.25) is 0 Å². The number of carboxylic acid groups (broad SMARTS) is 2. The lowest BCUT2D eigenvalue weighted by molar-refractivity contribution is -0.138. The molecule has 0 saturated carbocycles. The van der Waals surface area contributed by atoms with Crippen LogP contribution in [-0.4, -0.2) is 22.2 Å². The predicted octanol–water partition coefficient (Wildman–Crippen LogP) is 6.64. The summed E-state index contributed by atoms with van der Waals surface area (Å²) < 4.78 is 3.67. The van der Waals surface area contributed by atoms with Gasteiger partial charge < -0.3 is 10.2 Å². The Morgan fingerprint density at radius 3 is 1.69 bits per heavy atom. The molecule has 1 unspecified atom stereocenters. The second-order valence-electron chi connectivity index (χ2n) is 9.07. The molecule has 8 heteroatoms. The standard InChI is InChI=1S/C16H12O3S.C15H10O3S/c1-9(16(18)19)10-6-7-14-12(8-10)15(17)11-4-2-3-5-13(11)20-14;16-14(17)8-9-5-6-13-11(7-9)15(18)10-3-1-2-4-12(10)19-13/h2-9H,1H3,(H,18,19);1-7H,8H2,(H,16,17). The van der Waals surface area contributed by atoms with E-state index in [4.69, 9.17) is 10.2 Å². The van der Waals surface area contributed by atoms with Crippen LogP contribution in [0.5, 0.6) is 0 Å². The Balaban J connectivity index is 0.000000158. The van der Waals surface area contributed by atoms with E-state index in [0.29, 0.717) is 32.7 Å². The Labute approximate surface area is 230 Å². The van der Waals surface area contributed by atoms with Crippen molar-refractivity contribution in [2.24, 2.45) is 0 Å². The van der Waals surface area contributed by atoms with Gasteiger partial charge in [-0.25, -0.2) is 0 Å². The smallest absolute Gasteiger partial charge is 0.310 e. The average molecular weight is 555 g/mol. The van der Waals surface area contributed by atoms with E-state index < -0.39 is 17.9 Å². The van der Waals surface area contributed by atoms with Gasteiger partial charge in [0.2, 0.25) is 0 Å². The lowest BCUT2D eigenvalue weighted by Crippen LogP contribution is -2.08. The molecule has 0 aliphatic rings. The van der Waals surface area contributed by atoms with Gasteiger partial charge in [0, 0.05) is 40.3 Å². The number of carboxylic acids is 2. The van der Waals surface area contributed by atoms with Crippen molar-refractivity contribution in [3.8, 4) is 0 Å². The molecule has 2 heterocycles. The second-order valence-corrected chi connectivity index (χ2v) is 11.2. The quantitative estimate of drug-likeness (QED) is 0.236. The van der Waals surface area contributed by atoms with E-state index in [9.17, 15) is 19.2 Å². The van der Waals surface area contributed by atoms with E-state index in [1.807, 2.05) is 48.5 Å². The summed E-state index contributed by atoms with van der Waals surface area (Å²) in [7, 11) is 0. The minimum atomic E-state index is -0.892. The largest absolute Gasteiger partial charge is 0.481 e. The molecule has 0 aliphatic heterocycles. The third-order valence-corrected chi connectivity index (χ3v) is 8.77. The van der Waals surface area contributed by atoms with Crippen molar-refractivity contribution in [3.63, 3.8) is 0 Å². The minimum absolute atomic E-state index is 0.0309. The summed E-state index contributed by atoms with van der Waals surface area (Å²) in [6, 6.07) is 25.6. The third kappa shape index (κ3) is 5.30. The summed E-state index contributed by atoms with van der Waals surface area (Å²) in [6.45, 7) is 1.62. The molecule has 6 aromatic rings. The van der Waals surface area contributed by atoms with E-state index in [1.165, 1.54) is 0 Å². The fraction of sp³-hybridized carbons (Fsp3) is 0.0968. The first kappa shape index (κ1) is 26.2. The van der Waals surface area contributed by atoms with Crippen molar-refractivity contribution < 1.29 is 19.8 Å². The SMILES string of the molecule is CC(C(=O)O)c1ccc2sc3ccccc3c(=O)c2c1.O=C(O)Cc1ccc2sc3ccccc3c(=O)c2c1. The Morgan fingerprint density at radius 1 is 0.667 bits per heavy atom. The topological polar surface area (TPSA) is 109 Å². The van der Waals surface area contributed by atoms with E-state index in [1.54, 1.807) is 66.0 Å². The molecule has 6 rings (SSSR count). The van der Waals surface area contributed by atoms with Gasteiger partial charge in [-0.05, 0) is 66.6 Å². The molecule has 0 spiro atoms. The highest BCUT2D eigenvalue weighted by Crippen LogP contribution is 2.28. The number of rotatable bonds is 4. The van der Waals surface area contributed by atoms with Crippen LogP contribution in [0.1, 0.15) is 24.0 Å². The number of fused-ring (bicyclic) bond motifs is 4. The first-order valence-corrected chi connectivity index (χ1v) is 13.7. The zero-order valence-corrected chi connectivity index (χ0v) is 22.3. The van der Waals surface area contributed by atoms with Crippen molar-refractivity contribution in [2.75, 3.05) is 0 Å². The number of carbonyl (C=O) groups is 2. The molecule has 2 aromatic heterocycles. The van der Waals surface area contributed by atoms with E-state index in [2.05, 4.69) is 0 Å². The Bertz CT molecular complexity index is 2020. The summed E-state index contributed by atoms with van der Waals surface area (Å²) in [4.78, 5) is 46.7. The molecule has 1 atom stereocenters. The molecule has 0 bridgehead atoms. The van der Waals surface area contributed by atoms with Crippen LogP contribution < -0.4 is 10.9 Å². The first-order chi connectivity index (χ1) is 18.7. The Morgan fingerprint density at radius 2 is 1.15 bits per heavy atom. The molecular weight excluding hydrogens is 532 g/mol. The summed E-state index contributed by atoms with van der Waals surface area (Å²) in [5.41, 5.74) is 1.24. The van der Waals surface area contributed by atoms with Gasteiger partial charge in [0.1, 0.15) is 0 Å². The number of aliphatic carboxylic acids is 2. The normalized spacial score (nSPS) is 11.8. The Hall–Kier alpha value is -4.40. The van der Waals surface area contributed by atoms with Gasteiger partial charge >= 0.3 is 11.9 Å². The highest BCUT2D eigenvalue weighted by molar-refractivity contribution is 7.24. The molecule has 6 nitrogen and oxygen atoms in total. The third-order valence-electron chi connectivity index (χ3n) is 6.47. The van der Waals surface area contributed by atoms with E-state index in [-0.39, 0.29) is 17.3 Å². The maximum absolute atomic E-state index is 12.5. The predicted molar refractivity (Wildman–Crippen MR) is 159 cm³/mol. The van der Waals surface area contributed by atoms with Crippen molar-refractivity contribution in [3.05, 3.63) is 117 Å². The van der Waals surface area contributed by atoms with Crippen LogP contribution in [-0.2, 0) is 16.0 Å². The lowest BCUT2D eigenvalue weighted by Gasteiger charge is -2.08. The summed E-state index contributed by atoms with van der Waals surface area (Å²) in [6.07, 6.45) is -0.0626. The molecule has 0 fully saturated rings. The molecule has 0 aliphatic carbocycles. The number of hydrogen-bond acceptors (Lipinski definition) is 6. The van der Waals surface area contributed by atoms with Crippen LogP contribution in [0.3, 0.4) is 0 Å². The molecule has 0 radical (unpaired) electrons. The van der Waals surface area contributed by atoms with Gasteiger partial charge in [-0.2, -0.15) is 0 Å². The maximum atomic E-state index is 12.5. The van der Waals surface area contributed by atoms with Crippen molar-refractivity contribution in [1.82, 2.24) is 0 Å². The van der Waals surface area contributed by atoms with Gasteiger partial charge in [0.15, 0.2) is 10.9 Å². The molecular formula is C31H22O6S2. The van der Waals surface area contributed by atoms with Gasteiger partial charge in [0.25, 0.3) is 0 Å². The zero-order valence-electron chi connectivity index (χ0n) is 20.7. The second kappa shape index (κ2) is 10.8. The van der Waals surface area contributed by atoms with Crippen molar-refractivity contribution >= 4 is 75.0 Å². The van der Waals surface area contributed by atoms with Gasteiger partial charge in [-0.3, -0.25) is 19.2 Å². The van der Waals surface area contributed by atoms with Gasteiger partial charge in [0.05, 0.1) is 12.3 Å². The molecule has 0 saturated heterocycles. The van der Waals surface area contributed by atoms with Crippen molar-refractivity contribution in [2.45, 2.75) is 19.3 Å². The van der Waals surface area contributed by atoms with Crippen LogP contribution in [0.25, 0.3) is 40.3 Å². The van der Waals surface area contributed by atoms with Crippen LogP contribution in [0.4, 0.5) is 0 Å². The lowest BCUT2D eigenvalue weighted by atomic mass is 10.00. The molecule has 4 aromatic carbocycles. The zero-order chi connectivity index (χ0) is 27.7. The number of hydrogen-bond donors (Lipinski definition) is 2. The van der Waals surface area contributed by atoms with E-state index >= 15 is 0 Å². The molecule has 2 N–H and O–H groups in total. The summed E-state index contributed by atoms with van der Waals surface area (Å²) in [5, 5.41) is 20.4. The molecule has 194 valence electrons. The van der Waals surface area contributed by atoms with Crippen LogP contribution in [0, 0.1) is 0 Å². The highest BCUT2D eigenvalue weighted by Gasteiger charge is 2.15. The number of benzene rings is 4. The molecule has 39 heavy (non-hydrogen) atoms. The summed E-state index contributed by atoms with van der Waals surface area (Å²) in [5.74, 6) is -2.40. The van der Waals surface area contributed by atoms with Crippen LogP contribution >= 0.6 is 22.7 Å². The maximum Gasteiger partial charge on any atom is 0.310 e. The van der Waals surface area contributed by atoms with Crippen molar-refractivity contribution in [1.29, 1.82) is 0 Å². The average Bonchev–Trinajstić information content (AvgIpc) is 2.93. The monoisotopic (exact) mass is 554 g/mol. The Kier molecular flexibility index (Phi) is 7.24. The van der Waals surface area contributed by atoms with Gasteiger partial charge in [-0.15, -0.1) is 22.7 Å². The first-order valence-electron chi connectivity index (χ1n) is 12.1. The highest BCUT2D eigenvalue weighted by atomic mass is 32.1. The fourth-order valence-corrected chi connectivity index (χ4v) is 6.47.